The normalized spacial score (nSPS) is 11.8. The molecule has 5 nitrogen and oxygen atoms in total. The highest BCUT2D eigenvalue weighted by Gasteiger charge is 2.21. The second-order valence-electron chi connectivity index (χ2n) is 4.51. The first-order chi connectivity index (χ1) is 9.95. The lowest BCUT2D eigenvalue weighted by atomic mass is 10.2. The van der Waals surface area contributed by atoms with Gasteiger partial charge in [0.25, 0.3) is 5.91 Å². The molecule has 6 heteroatoms. The molecule has 1 heterocycles. The fourth-order valence-corrected chi connectivity index (χ4v) is 1.88. The smallest absolute Gasteiger partial charge is 0.375 e. The number of carbonyl (C=O) groups excluding carboxylic acids is 2. The SMILES string of the molecule is Cc1ccc(NC(=O)[C@@H](C)OC(=O)c2ccc(Br)o2)cc1. The molecule has 1 atom stereocenters. The lowest BCUT2D eigenvalue weighted by Gasteiger charge is -2.12. The molecule has 0 spiro atoms. The van der Waals surface area contributed by atoms with Crippen molar-refractivity contribution >= 4 is 33.5 Å². The Kier molecular flexibility index (Phi) is 4.80. The third-order valence-electron chi connectivity index (χ3n) is 2.75. The van der Waals surface area contributed by atoms with Gasteiger partial charge in [-0.25, -0.2) is 4.79 Å². The fraction of sp³-hybridized carbons (Fsp3) is 0.200. The molecule has 21 heavy (non-hydrogen) atoms. The van der Waals surface area contributed by atoms with Gasteiger partial charge in [0, 0.05) is 5.69 Å². The number of carbonyl (C=O) groups is 2. The average molecular weight is 352 g/mol. The van der Waals surface area contributed by atoms with Crippen LogP contribution in [-0.4, -0.2) is 18.0 Å². The van der Waals surface area contributed by atoms with Crippen LogP contribution in [0.15, 0.2) is 45.5 Å². The zero-order valence-electron chi connectivity index (χ0n) is 11.6. The number of nitrogens with one attached hydrogen (secondary N) is 1. The summed E-state index contributed by atoms with van der Waals surface area (Å²) >= 11 is 3.09. The lowest BCUT2D eigenvalue weighted by molar-refractivity contribution is -0.123. The molecular weight excluding hydrogens is 338 g/mol. The summed E-state index contributed by atoms with van der Waals surface area (Å²) in [5, 5.41) is 2.67. The molecule has 0 bridgehead atoms. The largest absolute Gasteiger partial charge is 0.447 e. The number of esters is 1. The minimum Gasteiger partial charge on any atom is -0.447 e. The Hall–Kier alpha value is -2.08. The second-order valence-corrected chi connectivity index (χ2v) is 5.29. The molecule has 0 saturated heterocycles. The van der Waals surface area contributed by atoms with E-state index in [0.717, 1.165) is 5.56 Å². The van der Waals surface area contributed by atoms with Crippen molar-refractivity contribution in [3.8, 4) is 0 Å². The van der Waals surface area contributed by atoms with Crippen LogP contribution >= 0.6 is 15.9 Å². The Morgan fingerprint density at radius 2 is 1.86 bits per heavy atom. The minimum atomic E-state index is -0.928. The molecule has 1 N–H and O–H groups in total. The Morgan fingerprint density at radius 1 is 1.19 bits per heavy atom. The number of benzene rings is 1. The summed E-state index contributed by atoms with van der Waals surface area (Å²) in [5.74, 6) is -1.05. The van der Waals surface area contributed by atoms with E-state index in [-0.39, 0.29) is 5.76 Å². The Balaban J connectivity index is 1.93. The summed E-state index contributed by atoms with van der Waals surface area (Å²) in [4.78, 5) is 23.7. The van der Waals surface area contributed by atoms with E-state index >= 15 is 0 Å². The minimum absolute atomic E-state index is 0.0388. The fourth-order valence-electron chi connectivity index (χ4n) is 1.58. The summed E-state index contributed by atoms with van der Waals surface area (Å²) in [6.45, 7) is 3.46. The number of hydrogen-bond acceptors (Lipinski definition) is 4. The molecule has 1 aromatic heterocycles. The molecule has 0 fully saturated rings. The van der Waals surface area contributed by atoms with E-state index in [2.05, 4.69) is 21.2 Å². The van der Waals surface area contributed by atoms with Gasteiger partial charge in [-0.2, -0.15) is 0 Å². The van der Waals surface area contributed by atoms with Crippen LogP contribution in [-0.2, 0) is 9.53 Å². The van der Waals surface area contributed by atoms with Crippen molar-refractivity contribution in [3.05, 3.63) is 52.4 Å². The van der Waals surface area contributed by atoms with E-state index in [4.69, 9.17) is 9.15 Å². The van der Waals surface area contributed by atoms with E-state index in [0.29, 0.717) is 10.4 Å². The van der Waals surface area contributed by atoms with Gasteiger partial charge in [0.15, 0.2) is 10.8 Å². The van der Waals surface area contributed by atoms with E-state index < -0.39 is 18.0 Å². The molecule has 0 aliphatic heterocycles. The molecular formula is C15H14BrNO4. The third-order valence-corrected chi connectivity index (χ3v) is 3.17. The highest BCUT2D eigenvalue weighted by Crippen LogP contribution is 2.16. The van der Waals surface area contributed by atoms with Crippen molar-refractivity contribution in [1.29, 1.82) is 0 Å². The van der Waals surface area contributed by atoms with Gasteiger partial charge in [0.05, 0.1) is 0 Å². The average Bonchev–Trinajstić information content (AvgIpc) is 2.88. The maximum atomic E-state index is 11.9. The van der Waals surface area contributed by atoms with Crippen molar-refractivity contribution in [2.75, 3.05) is 5.32 Å². The van der Waals surface area contributed by atoms with Gasteiger partial charge in [0.2, 0.25) is 5.76 Å². The maximum Gasteiger partial charge on any atom is 0.375 e. The van der Waals surface area contributed by atoms with E-state index in [9.17, 15) is 9.59 Å². The van der Waals surface area contributed by atoms with Crippen LogP contribution in [0.1, 0.15) is 23.0 Å². The highest BCUT2D eigenvalue weighted by molar-refractivity contribution is 9.10. The van der Waals surface area contributed by atoms with Gasteiger partial charge < -0.3 is 14.5 Å². The van der Waals surface area contributed by atoms with E-state index in [1.54, 1.807) is 18.2 Å². The first-order valence-electron chi connectivity index (χ1n) is 6.29. The summed E-state index contributed by atoms with van der Waals surface area (Å²) in [5.41, 5.74) is 1.74. The van der Waals surface area contributed by atoms with Crippen LogP contribution in [0.5, 0.6) is 0 Å². The summed E-state index contributed by atoms with van der Waals surface area (Å²) in [7, 11) is 0. The summed E-state index contributed by atoms with van der Waals surface area (Å²) < 4.78 is 10.5. The molecule has 0 aliphatic rings. The number of anilines is 1. The third kappa shape index (κ3) is 4.19. The van der Waals surface area contributed by atoms with Crippen LogP contribution in [0.3, 0.4) is 0 Å². The first kappa shape index (κ1) is 15.3. The van der Waals surface area contributed by atoms with Crippen LogP contribution in [0.4, 0.5) is 5.69 Å². The van der Waals surface area contributed by atoms with Crippen LogP contribution in [0, 0.1) is 6.92 Å². The number of hydrogen-bond donors (Lipinski definition) is 1. The number of rotatable bonds is 4. The topological polar surface area (TPSA) is 68.5 Å². The van der Waals surface area contributed by atoms with Crippen LogP contribution in [0.25, 0.3) is 0 Å². The molecule has 2 rings (SSSR count). The molecule has 110 valence electrons. The second kappa shape index (κ2) is 6.58. The van der Waals surface area contributed by atoms with Crippen molar-refractivity contribution in [1.82, 2.24) is 0 Å². The molecule has 1 amide bonds. The molecule has 2 aromatic rings. The van der Waals surface area contributed by atoms with Crippen molar-refractivity contribution in [2.45, 2.75) is 20.0 Å². The number of furan rings is 1. The maximum absolute atomic E-state index is 11.9. The van der Waals surface area contributed by atoms with Crippen molar-refractivity contribution in [3.63, 3.8) is 0 Å². The zero-order valence-corrected chi connectivity index (χ0v) is 13.1. The molecule has 0 radical (unpaired) electrons. The van der Waals surface area contributed by atoms with Gasteiger partial charge in [-0.15, -0.1) is 0 Å². The van der Waals surface area contributed by atoms with Crippen molar-refractivity contribution < 1.29 is 18.7 Å². The Morgan fingerprint density at radius 3 is 2.43 bits per heavy atom. The van der Waals surface area contributed by atoms with Crippen LogP contribution < -0.4 is 5.32 Å². The van der Waals surface area contributed by atoms with Gasteiger partial charge >= 0.3 is 5.97 Å². The molecule has 0 aliphatic carbocycles. The highest BCUT2D eigenvalue weighted by atomic mass is 79.9. The monoisotopic (exact) mass is 351 g/mol. The predicted molar refractivity (Wildman–Crippen MR) is 81.1 cm³/mol. The van der Waals surface area contributed by atoms with Gasteiger partial charge in [-0.1, -0.05) is 17.7 Å². The van der Waals surface area contributed by atoms with Crippen molar-refractivity contribution in [2.24, 2.45) is 0 Å². The van der Waals surface area contributed by atoms with E-state index in [1.165, 1.54) is 13.0 Å². The number of ether oxygens (including phenoxy) is 1. The molecule has 0 unspecified atom stereocenters. The van der Waals surface area contributed by atoms with Gasteiger partial charge in [-0.3, -0.25) is 4.79 Å². The Bertz CT molecular complexity index is 648. The summed E-state index contributed by atoms with van der Waals surface area (Å²) in [6, 6.07) is 10.4. The standard InChI is InChI=1S/C15H14BrNO4/c1-9-3-5-11(6-4-9)17-14(18)10(2)20-15(19)12-7-8-13(16)21-12/h3-8,10H,1-2H3,(H,17,18)/t10-/m1/s1. The quantitative estimate of drug-likeness (QED) is 0.855. The number of aryl methyl sites for hydroxylation is 1. The number of amides is 1. The molecule has 1 aromatic carbocycles. The first-order valence-corrected chi connectivity index (χ1v) is 7.09. The van der Waals surface area contributed by atoms with E-state index in [1.807, 2.05) is 19.1 Å². The summed E-state index contributed by atoms with van der Waals surface area (Å²) in [6.07, 6.45) is -0.928. The van der Waals surface area contributed by atoms with Gasteiger partial charge in [0.1, 0.15) is 0 Å². The zero-order chi connectivity index (χ0) is 15.4. The lowest BCUT2D eigenvalue weighted by Crippen LogP contribution is -2.29. The Labute approximate surface area is 130 Å². The van der Waals surface area contributed by atoms with Gasteiger partial charge in [-0.05, 0) is 54.0 Å². The predicted octanol–water partition coefficient (Wildman–Crippen LogP) is 3.53. The number of halogens is 1. The molecule has 0 saturated carbocycles. The van der Waals surface area contributed by atoms with Crippen LogP contribution in [0.2, 0.25) is 0 Å².